The van der Waals surface area contributed by atoms with Crippen LogP contribution in [0.3, 0.4) is 0 Å². The summed E-state index contributed by atoms with van der Waals surface area (Å²) in [7, 11) is 0. The lowest BCUT2D eigenvalue weighted by molar-refractivity contribution is -0.135. The Hall–Kier alpha value is -2.56. The van der Waals surface area contributed by atoms with E-state index in [1.807, 2.05) is 0 Å². The molecule has 5 nitrogen and oxygen atoms in total. The third kappa shape index (κ3) is 3.71. The van der Waals surface area contributed by atoms with Crippen LogP contribution in [0.4, 0.5) is 0 Å². The predicted octanol–water partition coefficient (Wildman–Crippen LogP) is 1.80. The largest absolute Gasteiger partial charge is 0.478 e. The van der Waals surface area contributed by atoms with Crippen molar-refractivity contribution in [3.63, 3.8) is 0 Å². The molecular formula is C15H16O5. The lowest BCUT2D eigenvalue weighted by Gasteiger charge is -2.10. The van der Waals surface area contributed by atoms with Gasteiger partial charge in [0.05, 0.1) is 5.57 Å². The number of aliphatic carboxylic acids is 1. The first-order valence-corrected chi connectivity index (χ1v) is 5.60. The summed E-state index contributed by atoms with van der Waals surface area (Å²) in [5.41, 5.74) is -1.83. The van der Waals surface area contributed by atoms with E-state index in [4.69, 9.17) is 5.11 Å². The van der Waals surface area contributed by atoms with Crippen molar-refractivity contribution in [2.75, 3.05) is 0 Å². The van der Waals surface area contributed by atoms with Gasteiger partial charge in [-0.3, -0.25) is 14.4 Å². The Bertz CT molecular complexity index is 559. The van der Waals surface area contributed by atoms with Crippen LogP contribution in [0, 0.1) is 0 Å². The van der Waals surface area contributed by atoms with E-state index in [1.165, 1.54) is 20.8 Å². The van der Waals surface area contributed by atoms with Crippen LogP contribution < -0.4 is 0 Å². The molecule has 0 unspecified atom stereocenters. The summed E-state index contributed by atoms with van der Waals surface area (Å²) < 4.78 is 0. The first-order valence-electron chi connectivity index (χ1n) is 5.60. The fourth-order valence-electron chi connectivity index (χ4n) is 1.29. The summed E-state index contributed by atoms with van der Waals surface area (Å²) in [6, 6.07) is 0. The molecule has 0 rings (SSSR count). The van der Waals surface area contributed by atoms with Crippen LogP contribution in [-0.4, -0.2) is 28.4 Å². The molecule has 0 radical (unpaired) electrons. The van der Waals surface area contributed by atoms with Crippen LogP contribution in [-0.2, 0) is 19.2 Å². The van der Waals surface area contributed by atoms with Gasteiger partial charge in [-0.1, -0.05) is 19.7 Å². The van der Waals surface area contributed by atoms with Gasteiger partial charge in [0.2, 0.25) is 0 Å². The van der Waals surface area contributed by atoms with Crippen LogP contribution in [0.2, 0.25) is 0 Å². The molecule has 0 heterocycles. The van der Waals surface area contributed by atoms with E-state index in [-0.39, 0.29) is 16.7 Å². The highest BCUT2D eigenvalue weighted by atomic mass is 16.4. The lowest BCUT2D eigenvalue weighted by Crippen LogP contribution is -2.25. The van der Waals surface area contributed by atoms with E-state index in [9.17, 15) is 19.2 Å². The minimum absolute atomic E-state index is 0.0529. The maximum absolute atomic E-state index is 12.0. The summed E-state index contributed by atoms with van der Waals surface area (Å²) in [4.78, 5) is 47.1. The summed E-state index contributed by atoms with van der Waals surface area (Å²) >= 11 is 0. The van der Waals surface area contributed by atoms with Crippen molar-refractivity contribution in [2.45, 2.75) is 20.8 Å². The van der Waals surface area contributed by atoms with Crippen molar-refractivity contribution in [3.8, 4) is 0 Å². The standard InChI is InChI=1S/C15H16O5/c1-7(2)12(16)10(13(17)8(3)4)11(15(19)20)14(18)9(5)6/h1,3,5H2,2,4,6H3,(H,19,20). The highest BCUT2D eigenvalue weighted by Gasteiger charge is 2.31. The minimum Gasteiger partial charge on any atom is -0.478 e. The van der Waals surface area contributed by atoms with Crippen LogP contribution in [0.5, 0.6) is 0 Å². The van der Waals surface area contributed by atoms with Gasteiger partial charge in [-0.2, -0.15) is 0 Å². The van der Waals surface area contributed by atoms with E-state index < -0.39 is 34.5 Å². The van der Waals surface area contributed by atoms with Crippen molar-refractivity contribution in [2.24, 2.45) is 0 Å². The Morgan fingerprint density at radius 3 is 1.10 bits per heavy atom. The van der Waals surface area contributed by atoms with E-state index >= 15 is 0 Å². The van der Waals surface area contributed by atoms with Crippen LogP contribution in [0.1, 0.15) is 20.8 Å². The highest BCUT2D eigenvalue weighted by Crippen LogP contribution is 2.18. The number of ketones is 3. The zero-order valence-corrected chi connectivity index (χ0v) is 11.7. The molecule has 0 amide bonds. The van der Waals surface area contributed by atoms with Gasteiger partial charge in [-0.05, 0) is 37.5 Å². The van der Waals surface area contributed by atoms with Crippen molar-refractivity contribution >= 4 is 23.3 Å². The van der Waals surface area contributed by atoms with Gasteiger partial charge in [0.25, 0.3) is 0 Å². The van der Waals surface area contributed by atoms with Crippen molar-refractivity contribution < 1.29 is 24.3 Å². The average Bonchev–Trinajstić information content (AvgIpc) is 2.32. The van der Waals surface area contributed by atoms with Gasteiger partial charge in [-0.15, -0.1) is 0 Å². The molecule has 5 heteroatoms. The predicted molar refractivity (Wildman–Crippen MR) is 74.1 cm³/mol. The van der Waals surface area contributed by atoms with Crippen molar-refractivity contribution in [1.82, 2.24) is 0 Å². The second kappa shape index (κ2) is 6.56. The molecule has 0 aromatic carbocycles. The van der Waals surface area contributed by atoms with Gasteiger partial charge in [0.1, 0.15) is 5.57 Å². The fourth-order valence-corrected chi connectivity index (χ4v) is 1.29. The third-order valence-corrected chi connectivity index (χ3v) is 2.31. The van der Waals surface area contributed by atoms with Gasteiger partial charge >= 0.3 is 5.97 Å². The average molecular weight is 276 g/mol. The third-order valence-electron chi connectivity index (χ3n) is 2.31. The molecule has 0 aromatic heterocycles. The highest BCUT2D eigenvalue weighted by molar-refractivity contribution is 6.39. The van der Waals surface area contributed by atoms with Crippen LogP contribution >= 0.6 is 0 Å². The number of carboxylic acid groups (broad SMARTS) is 1. The molecule has 0 spiro atoms. The molecule has 1 N–H and O–H groups in total. The van der Waals surface area contributed by atoms with E-state index in [0.29, 0.717) is 0 Å². The number of hydrogen-bond acceptors (Lipinski definition) is 4. The Labute approximate surface area is 117 Å². The molecule has 0 fully saturated rings. The fraction of sp³-hybridized carbons (Fsp3) is 0.200. The lowest BCUT2D eigenvalue weighted by atomic mass is 9.90. The van der Waals surface area contributed by atoms with E-state index in [1.54, 1.807) is 0 Å². The number of rotatable bonds is 7. The maximum atomic E-state index is 12.0. The minimum atomic E-state index is -1.67. The molecule has 0 bridgehead atoms. The summed E-state index contributed by atoms with van der Waals surface area (Å²) in [6.45, 7) is 14.0. The molecule has 20 heavy (non-hydrogen) atoms. The Morgan fingerprint density at radius 2 is 0.900 bits per heavy atom. The summed E-state index contributed by atoms with van der Waals surface area (Å²) in [6.07, 6.45) is 0. The van der Waals surface area contributed by atoms with Gasteiger partial charge in [0.15, 0.2) is 17.3 Å². The van der Waals surface area contributed by atoms with Crippen molar-refractivity contribution in [1.29, 1.82) is 0 Å². The topological polar surface area (TPSA) is 88.5 Å². The number of hydrogen-bond donors (Lipinski definition) is 1. The first kappa shape index (κ1) is 17.4. The number of allylic oxidation sites excluding steroid dienone is 4. The van der Waals surface area contributed by atoms with E-state index in [2.05, 4.69) is 19.7 Å². The SMILES string of the molecule is C=C(C)C(=O)C(C(=O)O)=C(C(=O)C(=C)C)C(=O)C(=C)C. The molecule has 0 aliphatic heterocycles. The quantitative estimate of drug-likeness (QED) is 0.435. The zero-order valence-electron chi connectivity index (χ0n) is 11.7. The Balaban J connectivity index is 6.53. The van der Waals surface area contributed by atoms with Crippen molar-refractivity contribution in [3.05, 3.63) is 47.6 Å². The molecule has 0 saturated carbocycles. The number of carbonyl (C=O) groups is 4. The normalized spacial score (nSPS) is 9.35. The van der Waals surface area contributed by atoms with Crippen LogP contribution in [0.15, 0.2) is 47.6 Å². The van der Waals surface area contributed by atoms with Crippen LogP contribution in [0.25, 0.3) is 0 Å². The summed E-state index contributed by atoms with van der Waals surface area (Å²) in [5.74, 6) is -4.44. The number of carboxylic acids is 1. The molecule has 0 aromatic rings. The molecule has 0 atom stereocenters. The van der Waals surface area contributed by atoms with Gasteiger partial charge in [0, 0.05) is 0 Å². The molecule has 0 aliphatic carbocycles. The first-order chi connectivity index (χ1) is 9.02. The second-order valence-corrected chi connectivity index (χ2v) is 4.38. The zero-order chi connectivity index (χ0) is 16.2. The second-order valence-electron chi connectivity index (χ2n) is 4.38. The van der Waals surface area contributed by atoms with Gasteiger partial charge < -0.3 is 5.11 Å². The molecule has 0 aliphatic rings. The van der Waals surface area contributed by atoms with Gasteiger partial charge in [-0.25, -0.2) is 4.79 Å². The maximum Gasteiger partial charge on any atom is 0.340 e. The monoisotopic (exact) mass is 276 g/mol. The summed E-state index contributed by atoms with van der Waals surface area (Å²) in [5, 5.41) is 9.14. The molecule has 0 saturated heterocycles. The Morgan fingerprint density at radius 1 is 0.650 bits per heavy atom. The Kier molecular flexibility index (Phi) is 5.72. The van der Waals surface area contributed by atoms with E-state index in [0.717, 1.165) is 0 Å². The molecular weight excluding hydrogens is 260 g/mol. The smallest absolute Gasteiger partial charge is 0.340 e. The molecule has 106 valence electrons. The number of carbonyl (C=O) groups excluding carboxylic acids is 3. The number of Topliss-reactive ketones (excluding diaryl/α,β-unsaturated/α-hetero) is 3.